The number of carbonyl (C=O) groups is 1. The molecule has 122 valence electrons. The van der Waals surface area contributed by atoms with Crippen molar-refractivity contribution in [2.75, 3.05) is 18.0 Å². The average molecular weight is 334 g/mol. The minimum absolute atomic E-state index is 0.114. The highest BCUT2D eigenvalue weighted by Gasteiger charge is 2.16. The Labute approximate surface area is 137 Å². The van der Waals surface area contributed by atoms with Crippen molar-refractivity contribution in [3.63, 3.8) is 0 Å². The molecule has 0 spiro atoms. The highest BCUT2D eigenvalue weighted by Crippen LogP contribution is 2.28. The van der Waals surface area contributed by atoms with Crippen molar-refractivity contribution < 1.29 is 14.3 Å². The van der Waals surface area contributed by atoms with Gasteiger partial charge >= 0.3 is 5.97 Å². The number of anilines is 1. The van der Waals surface area contributed by atoms with Crippen molar-refractivity contribution in [1.29, 1.82) is 0 Å². The Morgan fingerprint density at radius 1 is 1.39 bits per heavy atom. The first-order valence-electron chi connectivity index (χ1n) is 7.48. The summed E-state index contributed by atoms with van der Waals surface area (Å²) in [7, 11) is 0. The molecule has 7 nitrogen and oxygen atoms in total. The quantitative estimate of drug-likeness (QED) is 0.641. The van der Waals surface area contributed by atoms with E-state index in [0.29, 0.717) is 16.7 Å². The van der Waals surface area contributed by atoms with E-state index in [-0.39, 0.29) is 4.91 Å². The van der Waals surface area contributed by atoms with Gasteiger partial charge in [0.15, 0.2) is 5.88 Å². The number of furan rings is 1. The van der Waals surface area contributed by atoms with Gasteiger partial charge < -0.3 is 14.4 Å². The summed E-state index contributed by atoms with van der Waals surface area (Å²) in [5.41, 5.74) is 0. The highest BCUT2D eigenvalue weighted by molar-refractivity contribution is 8.04. The molecule has 0 saturated carbocycles. The topological polar surface area (TPSA) is 95.2 Å². The van der Waals surface area contributed by atoms with Gasteiger partial charge in [0, 0.05) is 25.2 Å². The molecule has 2 aromatic heterocycles. The molecule has 8 heteroatoms. The zero-order valence-corrected chi connectivity index (χ0v) is 13.6. The Balaban J connectivity index is 1.76. The SMILES string of the molecule is Cc1nc(S/C(=C\c2ccc(N3CCCCC3)o2)C(=O)O)n[nH]1. The van der Waals surface area contributed by atoms with Crippen molar-refractivity contribution >= 4 is 29.7 Å². The zero-order valence-electron chi connectivity index (χ0n) is 12.8. The maximum absolute atomic E-state index is 11.4. The summed E-state index contributed by atoms with van der Waals surface area (Å²) in [6.07, 6.45) is 5.07. The molecule has 23 heavy (non-hydrogen) atoms. The van der Waals surface area contributed by atoms with Gasteiger partial charge in [-0.25, -0.2) is 9.78 Å². The number of carboxylic acids is 1. The Bertz CT molecular complexity index is 716. The summed E-state index contributed by atoms with van der Waals surface area (Å²) in [5.74, 6) is 0.915. The summed E-state index contributed by atoms with van der Waals surface area (Å²) in [5, 5.41) is 16.4. The van der Waals surface area contributed by atoms with Crippen LogP contribution in [0.4, 0.5) is 5.88 Å². The maximum Gasteiger partial charge on any atom is 0.342 e. The number of rotatable bonds is 5. The van der Waals surface area contributed by atoms with Crippen LogP contribution in [-0.4, -0.2) is 39.3 Å². The van der Waals surface area contributed by atoms with Gasteiger partial charge in [-0.15, -0.1) is 5.10 Å². The second-order valence-corrected chi connectivity index (χ2v) is 6.35. The van der Waals surface area contributed by atoms with Crippen LogP contribution in [-0.2, 0) is 4.79 Å². The number of thioether (sulfide) groups is 1. The van der Waals surface area contributed by atoms with Gasteiger partial charge in [0.25, 0.3) is 0 Å². The van der Waals surface area contributed by atoms with Crippen LogP contribution >= 0.6 is 11.8 Å². The van der Waals surface area contributed by atoms with Crippen molar-refractivity contribution in [1.82, 2.24) is 15.2 Å². The molecule has 0 bridgehead atoms. The molecule has 0 amide bonds. The lowest BCUT2D eigenvalue weighted by atomic mass is 10.1. The van der Waals surface area contributed by atoms with E-state index in [2.05, 4.69) is 20.1 Å². The Morgan fingerprint density at radius 3 is 2.83 bits per heavy atom. The van der Waals surface area contributed by atoms with Gasteiger partial charge in [0.2, 0.25) is 5.16 Å². The molecule has 2 aromatic rings. The first kappa shape index (κ1) is 15.7. The van der Waals surface area contributed by atoms with Gasteiger partial charge in [-0.05, 0) is 44.0 Å². The summed E-state index contributed by atoms with van der Waals surface area (Å²) < 4.78 is 5.77. The summed E-state index contributed by atoms with van der Waals surface area (Å²) >= 11 is 0.992. The molecule has 0 aliphatic carbocycles. The molecule has 1 saturated heterocycles. The van der Waals surface area contributed by atoms with E-state index in [1.807, 2.05) is 6.07 Å². The van der Waals surface area contributed by atoms with E-state index in [1.54, 1.807) is 13.0 Å². The van der Waals surface area contributed by atoms with E-state index in [4.69, 9.17) is 4.42 Å². The number of hydrogen-bond donors (Lipinski definition) is 2. The molecular formula is C15H18N4O3S. The van der Waals surface area contributed by atoms with Crippen LogP contribution in [0, 0.1) is 6.92 Å². The minimum Gasteiger partial charge on any atom is -0.477 e. The molecule has 0 unspecified atom stereocenters. The summed E-state index contributed by atoms with van der Waals surface area (Å²) in [6.45, 7) is 3.72. The highest BCUT2D eigenvalue weighted by atomic mass is 32.2. The fraction of sp³-hybridized carbons (Fsp3) is 0.400. The molecular weight excluding hydrogens is 316 g/mol. The molecule has 3 rings (SSSR count). The van der Waals surface area contributed by atoms with Crippen LogP contribution in [0.5, 0.6) is 0 Å². The zero-order chi connectivity index (χ0) is 16.2. The van der Waals surface area contributed by atoms with Gasteiger partial charge in [-0.3, -0.25) is 5.10 Å². The van der Waals surface area contributed by atoms with Crippen molar-refractivity contribution in [2.24, 2.45) is 0 Å². The van der Waals surface area contributed by atoms with Crippen molar-refractivity contribution in [2.45, 2.75) is 31.3 Å². The number of hydrogen-bond acceptors (Lipinski definition) is 6. The predicted molar refractivity (Wildman–Crippen MR) is 87.4 cm³/mol. The lowest BCUT2D eigenvalue weighted by Gasteiger charge is -2.25. The first-order chi connectivity index (χ1) is 11.1. The molecule has 1 aliphatic heterocycles. The van der Waals surface area contributed by atoms with E-state index in [9.17, 15) is 9.90 Å². The lowest BCUT2D eigenvalue weighted by molar-refractivity contribution is -0.131. The molecule has 2 N–H and O–H groups in total. The Morgan fingerprint density at radius 2 is 2.17 bits per heavy atom. The van der Waals surface area contributed by atoms with Crippen LogP contribution in [0.3, 0.4) is 0 Å². The van der Waals surface area contributed by atoms with Crippen LogP contribution < -0.4 is 4.90 Å². The van der Waals surface area contributed by atoms with Crippen LogP contribution in [0.1, 0.15) is 30.8 Å². The molecule has 0 radical (unpaired) electrons. The van der Waals surface area contributed by atoms with Crippen LogP contribution in [0.25, 0.3) is 6.08 Å². The Kier molecular flexibility index (Phi) is 4.71. The predicted octanol–water partition coefficient (Wildman–Crippen LogP) is 2.91. The second-order valence-electron chi connectivity index (χ2n) is 5.34. The smallest absolute Gasteiger partial charge is 0.342 e. The number of aliphatic carboxylic acids is 1. The van der Waals surface area contributed by atoms with Gasteiger partial charge in [-0.2, -0.15) is 0 Å². The average Bonchev–Trinajstić information content (AvgIpc) is 3.17. The number of nitrogens with one attached hydrogen (secondary N) is 1. The number of aromatic amines is 1. The molecule has 0 aromatic carbocycles. The van der Waals surface area contributed by atoms with E-state index in [1.165, 1.54) is 12.5 Å². The van der Waals surface area contributed by atoms with Gasteiger partial charge in [0.05, 0.1) is 0 Å². The third-order valence-corrected chi connectivity index (χ3v) is 4.42. The van der Waals surface area contributed by atoms with Crippen molar-refractivity contribution in [3.8, 4) is 0 Å². The van der Waals surface area contributed by atoms with Crippen molar-refractivity contribution in [3.05, 3.63) is 28.6 Å². The molecule has 3 heterocycles. The van der Waals surface area contributed by atoms with Crippen LogP contribution in [0.2, 0.25) is 0 Å². The second kappa shape index (κ2) is 6.91. The molecule has 1 fully saturated rings. The van der Waals surface area contributed by atoms with Gasteiger partial charge in [-0.1, -0.05) is 0 Å². The maximum atomic E-state index is 11.4. The third kappa shape index (κ3) is 3.95. The van der Waals surface area contributed by atoms with Gasteiger partial charge in [0.1, 0.15) is 16.5 Å². The number of aromatic nitrogens is 3. The third-order valence-electron chi connectivity index (χ3n) is 3.54. The normalized spacial score (nSPS) is 15.9. The summed E-state index contributed by atoms with van der Waals surface area (Å²) in [4.78, 5) is 17.8. The number of piperidine rings is 1. The number of carboxylic acid groups (broad SMARTS) is 1. The van der Waals surface area contributed by atoms with E-state index in [0.717, 1.165) is 43.6 Å². The van der Waals surface area contributed by atoms with E-state index >= 15 is 0 Å². The Hall–Kier alpha value is -2.22. The van der Waals surface area contributed by atoms with Crippen LogP contribution in [0.15, 0.2) is 26.6 Å². The standard InChI is InChI=1S/C15H18N4O3S/c1-10-16-15(18-17-10)23-12(14(20)21)9-11-5-6-13(22-11)19-7-3-2-4-8-19/h5-6,9H,2-4,7-8H2,1H3,(H,20,21)(H,16,17,18)/b12-9-. The fourth-order valence-electron chi connectivity index (χ4n) is 2.43. The number of nitrogens with zero attached hydrogens (tertiary/aromatic N) is 3. The number of aryl methyl sites for hydroxylation is 1. The van der Waals surface area contributed by atoms with E-state index < -0.39 is 5.97 Å². The largest absolute Gasteiger partial charge is 0.477 e. The minimum atomic E-state index is -1.03. The fourth-order valence-corrected chi connectivity index (χ4v) is 3.17. The monoisotopic (exact) mass is 334 g/mol. The lowest BCUT2D eigenvalue weighted by Crippen LogP contribution is -2.28. The summed E-state index contributed by atoms with van der Waals surface area (Å²) in [6, 6.07) is 3.68. The first-order valence-corrected chi connectivity index (χ1v) is 8.30. The molecule has 0 atom stereocenters. The number of H-pyrrole nitrogens is 1. The molecule has 1 aliphatic rings.